The molecule has 0 spiro atoms. The molecule has 2 unspecified atom stereocenters. The van der Waals surface area contributed by atoms with Crippen molar-refractivity contribution < 1.29 is 4.79 Å². The van der Waals surface area contributed by atoms with Crippen molar-refractivity contribution in [3.05, 3.63) is 41.0 Å². The van der Waals surface area contributed by atoms with Gasteiger partial charge in [-0.15, -0.1) is 0 Å². The number of anilines is 1. The molecule has 1 saturated heterocycles. The molecule has 1 N–H and O–H groups in total. The Morgan fingerprint density at radius 3 is 2.72 bits per heavy atom. The van der Waals surface area contributed by atoms with Crippen LogP contribution in [0.2, 0.25) is 0 Å². The maximum absolute atomic E-state index is 13.4. The van der Waals surface area contributed by atoms with Gasteiger partial charge in [0.15, 0.2) is 0 Å². The van der Waals surface area contributed by atoms with Gasteiger partial charge < -0.3 is 10.2 Å². The molecule has 156 valence electrons. The Morgan fingerprint density at radius 2 is 1.97 bits per heavy atom. The number of aromatic nitrogens is 3. The minimum atomic E-state index is 0.0987. The lowest BCUT2D eigenvalue weighted by atomic mass is 10.1. The number of fused-ring (bicyclic) bond motifs is 3. The average Bonchev–Trinajstić information content (AvgIpc) is 3.16. The number of hydrogen-bond acceptors (Lipinski definition) is 5. The van der Waals surface area contributed by atoms with E-state index < -0.39 is 0 Å². The molecule has 1 aromatic heterocycles. The number of hydrogen-bond donors (Lipinski definition) is 1. The first kappa shape index (κ1) is 19.9. The van der Waals surface area contributed by atoms with E-state index in [4.69, 9.17) is 0 Å². The molecule has 2 atom stereocenters. The van der Waals surface area contributed by atoms with E-state index in [9.17, 15) is 4.79 Å². The van der Waals surface area contributed by atoms with Gasteiger partial charge in [-0.3, -0.25) is 9.69 Å². The van der Waals surface area contributed by atoms with Crippen molar-refractivity contribution in [3.63, 3.8) is 0 Å². The second-order valence-corrected chi connectivity index (χ2v) is 8.51. The van der Waals surface area contributed by atoms with Crippen LogP contribution in [0.5, 0.6) is 0 Å². The first-order valence-corrected chi connectivity index (χ1v) is 10.6. The van der Waals surface area contributed by atoms with E-state index in [0.717, 1.165) is 31.8 Å². The topological polar surface area (TPSA) is 66.3 Å². The molecule has 7 heteroatoms. The molecule has 0 aliphatic carbocycles. The quantitative estimate of drug-likeness (QED) is 0.845. The number of nitrogens with zero attached hydrogens (tertiary/aromatic N) is 5. The number of amides is 1. The predicted molar refractivity (Wildman–Crippen MR) is 114 cm³/mol. The van der Waals surface area contributed by atoms with Gasteiger partial charge in [-0.05, 0) is 58.2 Å². The molecular formula is C22H32N6O. The molecule has 1 aromatic carbocycles. The van der Waals surface area contributed by atoms with Crippen LogP contribution in [-0.4, -0.2) is 62.7 Å². The molecular weight excluding hydrogens is 364 g/mol. The van der Waals surface area contributed by atoms with E-state index >= 15 is 0 Å². The third-order valence-electron chi connectivity index (χ3n) is 6.52. The summed E-state index contributed by atoms with van der Waals surface area (Å²) >= 11 is 0. The Morgan fingerprint density at radius 1 is 1.17 bits per heavy atom. The van der Waals surface area contributed by atoms with Crippen molar-refractivity contribution in [1.82, 2.24) is 24.6 Å². The molecule has 2 bridgehead atoms. The Balaban J connectivity index is 1.64. The van der Waals surface area contributed by atoms with Gasteiger partial charge in [-0.25, -0.2) is 9.67 Å². The van der Waals surface area contributed by atoms with Gasteiger partial charge in [0.1, 0.15) is 18.2 Å². The second-order valence-electron chi connectivity index (χ2n) is 8.51. The fourth-order valence-electron chi connectivity index (χ4n) is 4.79. The number of para-hydroxylation sites is 1. The lowest BCUT2D eigenvalue weighted by Crippen LogP contribution is -2.44. The van der Waals surface area contributed by atoms with E-state index in [0.29, 0.717) is 24.5 Å². The lowest BCUT2D eigenvalue weighted by molar-refractivity contribution is -0.133. The summed E-state index contributed by atoms with van der Waals surface area (Å²) in [5, 5.41) is 8.05. The maximum Gasteiger partial charge on any atom is 0.244 e. The van der Waals surface area contributed by atoms with Crippen LogP contribution in [0, 0.1) is 20.8 Å². The highest BCUT2D eigenvalue weighted by Crippen LogP contribution is 2.29. The summed E-state index contributed by atoms with van der Waals surface area (Å²) in [7, 11) is 2.21. The van der Waals surface area contributed by atoms with E-state index in [1.54, 1.807) is 4.68 Å². The molecule has 2 aromatic rings. The summed E-state index contributed by atoms with van der Waals surface area (Å²) in [6.45, 7) is 8.47. The Hall–Kier alpha value is -2.41. The summed E-state index contributed by atoms with van der Waals surface area (Å²) in [6.07, 6.45) is 3.48. The van der Waals surface area contributed by atoms with Crippen LogP contribution in [0.1, 0.15) is 42.0 Å². The third kappa shape index (κ3) is 4.15. The number of nitrogens with one attached hydrogen (secondary N) is 1. The fourth-order valence-corrected chi connectivity index (χ4v) is 4.79. The van der Waals surface area contributed by atoms with Crippen LogP contribution in [0.25, 0.3) is 0 Å². The monoisotopic (exact) mass is 396 g/mol. The van der Waals surface area contributed by atoms with E-state index in [1.165, 1.54) is 23.2 Å². The number of benzene rings is 1. The van der Waals surface area contributed by atoms with Crippen molar-refractivity contribution >= 4 is 11.6 Å². The summed E-state index contributed by atoms with van der Waals surface area (Å²) in [6, 6.07) is 7.35. The van der Waals surface area contributed by atoms with Gasteiger partial charge >= 0.3 is 0 Å². The molecule has 1 fully saturated rings. The summed E-state index contributed by atoms with van der Waals surface area (Å²) in [4.78, 5) is 22.2. The van der Waals surface area contributed by atoms with Crippen molar-refractivity contribution in [2.75, 3.05) is 25.5 Å². The van der Waals surface area contributed by atoms with Gasteiger partial charge in [-0.1, -0.05) is 18.2 Å². The Bertz CT molecular complexity index is 891. The number of likely N-dealkylation sites (N-methyl/N-ethyl adjacent to an activating group) is 1. The van der Waals surface area contributed by atoms with E-state index in [1.807, 2.05) is 18.7 Å². The average molecular weight is 397 g/mol. The molecule has 0 radical (unpaired) electrons. The largest absolute Gasteiger partial charge is 0.384 e. The van der Waals surface area contributed by atoms with Gasteiger partial charge in [0, 0.05) is 37.4 Å². The summed E-state index contributed by atoms with van der Waals surface area (Å²) in [5.41, 5.74) is 3.60. The van der Waals surface area contributed by atoms with Crippen molar-refractivity contribution in [2.24, 2.45) is 0 Å². The normalized spacial score (nSPS) is 22.7. The second kappa shape index (κ2) is 8.14. The Kier molecular flexibility index (Phi) is 5.58. The standard InChI is InChI=1S/C22H32N6O/c1-15-6-5-7-18-12-27(21(29)14-28-17(3)24-16(2)25-28)13-20-9-8-19(26(20)4)10-11-23-22(15)18/h5-7,19-20,23H,8-14H2,1-4H3. The smallest absolute Gasteiger partial charge is 0.244 e. The van der Waals surface area contributed by atoms with Crippen LogP contribution in [0.15, 0.2) is 18.2 Å². The minimum absolute atomic E-state index is 0.0987. The first-order chi connectivity index (χ1) is 13.9. The highest BCUT2D eigenvalue weighted by atomic mass is 16.2. The number of carbonyl (C=O) groups is 1. The molecule has 7 nitrogen and oxygen atoms in total. The van der Waals surface area contributed by atoms with Crippen LogP contribution in [-0.2, 0) is 17.9 Å². The molecule has 3 heterocycles. The molecule has 4 rings (SSSR count). The zero-order valence-corrected chi connectivity index (χ0v) is 18.0. The van der Waals surface area contributed by atoms with E-state index in [2.05, 4.69) is 52.5 Å². The first-order valence-electron chi connectivity index (χ1n) is 10.6. The van der Waals surface area contributed by atoms with Crippen LogP contribution < -0.4 is 5.32 Å². The molecule has 1 amide bonds. The van der Waals surface area contributed by atoms with Crippen LogP contribution in [0.4, 0.5) is 5.69 Å². The number of carbonyl (C=O) groups excluding carboxylic acids is 1. The van der Waals surface area contributed by atoms with Crippen molar-refractivity contribution in [2.45, 2.75) is 65.2 Å². The van der Waals surface area contributed by atoms with Crippen LogP contribution in [0.3, 0.4) is 0 Å². The zero-order valence-electron chi connectivity index (χ0n) is 18.0. The van der Waals surface area contributed by atoms with Gasteiger partial charge in [0.25, 0.3) is 0 Å². The lowest BCUT2D eigenvalue weighted by Gasteiger charge is -2.31. The fraction of sp³-hybridized carbons (Fsp3) is 0.591. The number of rotatable bonds is 2. The van der Waals surface area contributed by atoms with Crippen molar-refractivity contribution in [3.8, 4) is 0 Å². The minimum Gasteiger partial charge on any atom is -0.384 e. The summed E-state index contributed by atoms with van der Waals surface area (Å²) < 4.78 is 1.72. The molecule has 2 aliphatic rings. The SMILES string of the molecule is Cc1nc(C)n(CC(=O)N2Cc3cccc(C)c3NCCC3CCC(C2)N3C)n1. The molecule has 0 saturated carbocycles. The van der Waals surface area contributed by atoms with Gasteiger partial charge in [-0.2, -0.15) is 5.10 Å². The predicted octanol–water partition coefficient (Wildman–Crippen LogP) is 2.51. The third-order valence-corrected chi connectivity index (χ3v) is 6.52. The highest BCUT2D eigenvalue weighted by molar-refractivity contribution is 5.76. The highest BCUT2D eigenvalue weighted by Gasteiger charge is 2.33. The molecule has 29 heavy (non-hydrogen) atoms. The molecule has 2 aliphatic heterocycles. The number of aryl methyl sites for hydroxylation is 3. The summed E-state index contributed by atoms with van der Waals surface area (Å²) in [5.74, 6) is 1.59. The van der Waals surface area contributed by atoms with Crippen LogP contribution >= 0.6 is 0 Å². The maximum atomic E-state index is 13.4. The van der Waals surface area contributed by atoms with E-state index in [-0.39, 0.29) is 12.5 Å². The van der Waals surface area contributed by atoms with Gasteiger partial charge in [0.05, 0.1) is 0 Å². The Labute approximate surface area is 173 Å². The van der Waals surface area contributed by atoms with Crippen molar-refractivity contribution in [1.29, 1.82) is 0 Å². The van der Waals surface area contributed by atoms with Gasteiger partial charge in [0.2, 0.25) is 5.91 Å². The zero-order chi connectivity index (χ0) is 20.5.